The molecule has 3 heteroatoms. The molecule has 0 radical (unpaired) electrons. The molecule has 0 aromatic carbocycles. The molecule has 100 valence electrons. The maximum Gasteiger partial charge on any atom is 0.0113 e. The molecule has 1 heterocycles. The van der Waals surface area contributed by atoms with Crippen LogP contribution in [0, 0.1) is 0 Å². The molecular formula is C14H29N3. The van der Waals surface area contributed by atoms with Gasteiger partial charge in [0.05, 0.1) is 0 Å². The third-order valence-electron chi connectivity index (χ3n) is 4.52. The number of nitrogens with zero attached hydrogens (tertiary/aromatic N) is 2. The summed E-state index contributed by atoms with van der Waals surface area (Å²) < 4.78 is 0. The first kappa shape index (κ1) is 13.3. The molecule has 0 amide bonds. The zero-order valence-electron chi connectivity index (χ0n) is 11.6. The summed E-state index contributed by atoms with van der Waals surface area (Å²) in [5, 5.41) is 3.46. The first-order valence-corrected chi connectivity index (χ1v) is 7.47. The molecule has 2 aliphatic rings. The Labute approximate surface area is 107 Å². The minimum absolute atomic E-state index is 0.766. The summed E-state index contributed by atoms with van der Waals surface area (Å²) in [6.45, 7) is 8.73. The largest absolute Gasteiger partial charge is 0.317 e. The predicted molar refractivity (Wildman–Crippen MR) is 73.4 cm³/mol. The lowest BCUT2D eigenvalue weighted by Gasteiger charge is -2.42. The molecule has 2 rings (SSSR count). The van der Waals surface area contributed by atoms with E-state index in [0.717, 1.165) is 12.1 Å². The summed E-state index contributed by atoms with van der Waals surface area (Å²) in [6.07, 6.45) is 6.87. The first-order chi connectivity index (χ1) is 8.33. The number of hydrogen-bond acceptors (Lipinski definition) is 3. The van der Waals surface area contributed by atoms with Crippen LogP contribution >= 0.6 is 0 Å². The van der Waals surface area contributed by atoms with E-state index in [-0.39, 0.29) is 0 Å². The van der Waals surface area contributed by atoms with E-state index in [1.54, 1.807) is 0 Å². The summed E-state index contributed by atoms with van der Waals surface area (Å²) in [4.78, 5) is 5.37. The fourth-order valence-electron chi connectivity index (χ4n) is 3.43. The molecule has 3 nitrogen and oxygen atoms in total. The maximum absolute atomic E-state index is 3.46. The highest BCUT2D eigenvalue weighted by Gasteiger charge is 2.28. The van der Waals surface area contributed by atoms with Crippen molar-refractivity contribution in [3.63, 3.8) is 0 Å². The van der Waals surface area contributed by atoms with Crippen molar-refractivity contribution in [3.8, 4) is 0 Å². The summed E-state index contributed by atoms with van der Waals surface area (Å²) in [5.41, 5.74) is 0. The van der Waals surface area contributed by atoms with Crippen LogP contribution < -0.4 is 5.32 Å². The van der Waals surface area contributed by atoms with Crippen LogP contribution in [0.5, 0.6) is 0 Å². The maximum atomic E-state index is 3.46. The Morgan fingerprint density at radius 2 is 1.88 bits per heavy atom. The van der Waals surface area contributed by atoms with Gasteiger partial charge in [0.1, 0.15) is 0 Å². The van der Waals surface area contributed by atoms with Gasteiger partial charge in [0.15, 0.2) is 0 Å². The van der Waals surface area contributed by atoms with E-state index < -0.39 is 0 Å². The van der Waals surface area contributed by atoms with Crippen molar-refractivity contribution in [2.45, 2.75) is 51.1 Å². The highest BCUT2D eigenvalue weighted by molar-refractivity contribution is 4.85. The van der Waals surface area contributed by atoms with E-state index in [9.17, 15) is 0 Å². The van der Waals surface area contributed by atoms with Gasteiger partial charge in [0.25, 0.3) is 0 Å². The summed E-state index contributed by atoms with van der Waals surface area (Å²) in [7, 11) is 2.12. The van der Waals surface area contributed by atoms with Crippen molar-refractivity contribution in [1.29, 1.82) is 0 Å². The molecule has 2 atom stereocenters. The number of piperazine rings is 1. The lowest BCUT2D eigenvalue weighted by Crippen LogP contribution is -2.52. The van der Waals surface area contributed by atoms with Gasteiger partial charge in [0, 0.05) is 38.3 Å². The zero-order chi connectivity index (χ0) is 12.1. The molecule has 1 aliphatic heterocycles. The van der Waals surface area contributed by atoms with Crippen LogP contribution in [0.4, 0.5) is 0 Å². The fourth-order valence-corrected chi connectivity index (χ4v) is 3.43. The van der Waals surface area contributed by atoms with Gasteiger partial charge in [-0.3, -0.25) is 4.90 Å². The van der Waals surface area contributed by atoms with Crippen LogP contribution in [0.2, 0.25) is 0 Å². The average molecular weight is 239 g/mol. The molecule has 0 aromatic rings. The summed E-state index contributed by atoms with van der Waals surface area (Å²) in [6, 6.07) is 1.62. The van der Waals surface area contributed by atoms with Crippen molar-refractivity contribution in [2.24, 2.45) is 0 Å². The topological polar surface area (TPSA) is 18.5 Å². The van der Waals surface area contributed by atoms with Gasteiger partial charge >= 0.3 is 0 Å². The molecule has 1 N–H and O–H groups in total. The second kappa shape index (κ2) is 6.72. The molecule has 1 saturated heterocycles. The van der Waals surface area contributed by atoms with Gasteiger partial charge < -0.3 is 10.2 Å². The van der Waals surface area contributed by atoms with Crippen molar-refractivity contribution in [3.05, 3.63) is 0 Å². The third-order valence-corrected chi connectivity index (χ3v) is 4.52. The van der Waals surface area contributed by atoms with E-state index in [0.29, 0.717) is 0 Å². The van der Waals surface area contributed by atoms with Crippen molar-refractivity contribution >= 4 is 0 Å². The molecule has 2 fully saturated rings. The Morgan fingerprint density at radius 1 is 1.12 bits per heavy atom. The molecule has 1 aliphatic carbocycles. The van der Waals surface area contributed by atoms with E-state index >= 15 is 0 Å². The van der Waals surface area contributed by atoms with Gasteiger partial charge in [-0.25, -0.2) is 0 Å². The first-order valence-electron chi connectivity index (χ1n) is 7.47. The van der Waals surface area contributed by atoms with Crippen molar-refractivity contribution in [1.82, 2.24) is 15.1 Å². The van der Waals surface area contributed by atoms with E-state index in [1.165, 1.54) is 64.8 Å². The van der Waals surface area contributed by atoms with Crippen LogP contribution in [0.1, 0.15) is 39.0 Å². The molecule has 1 saturated carbocycles. The molecule has 2 unspecified atom stereocenters. The quantitative estimate of drug-likeness (QED) is 0.803. The van der Waals surface area contributed by atoms with E-state index in [1.807, 2.05) is 0 Å². The Morgan fingerprint density at radius 3 is 2.53 bits per heavy atom. The van der Waals surface area contributed by atoms with Crippen LogP contribution in [-0.4, -0.2) is 61.7 Å². The van der Waals surface area contributed by atoms with Crippen LogP contribution in [0.3, 0.4) is 0 Å². The molecule has 17 heavy (non-hydrogen) atoms. The fraction of sp³-hybridized carbons (Fsp3) is 1.00. The average Bonchev–Trinajstić information content (AvgIpc) is 2.40. The minimum atomic E-state index is 0.766. The Balaban J connectivity index is 1.76. The normalized spacial score (nSPS) is 32.8. The molecule has 0 aromatic heterocycles. The van der Waals surface area contributed by atoms with E-state index in [4.69, 9.17) is 0 Å². The molecular weight excluding hydrogens is 210 g/mol. The second-order valence-electron chi connectivity index (χ2n) is 5.68. The predicted octanol–water partition coefficient (Wildman–Crippen LogP) is 1.54. The summed E-state index contributed by atoms with van der Waals surface area (Å²) in [5.74, 6) is 0. The lowest BCUT2D eigenvalue weighted by molar-refractivity contribution is 0.0727. The summed E-state index contributed by atoms with van der Waals surface area (Å²) >= 11 is 0. The van der Waals surface area contributed by atoms with Gasteiger partial charge in [-0.05, 0) is 39.3 Å². The smallest absolute Gasteiger partial charge is 0.0113 e. The van der Waals surface area contributed by atoms with Gasteiger partial charge in [-0.2, -0.15) is 0 Å². The highest BCUT2D eigenvalue weighted by atomic mass is 15.3. The van der Waals surface area contributed by atoms with Crippen molar-refractivity contribution in [2.75, 3.05) is 39.8 Å². The number of hydrogen-bond donors (Lipinski definition) is 1. The zero-order valence-corrected chi connectivity index (χ0v) is 11.6. The Kier molecular flexibility index (Phi) is 5.26. The van der Waals surface area contributed by atoms with E-state index in [2.05, 4.69) is 29.1 Å². The Hall–Kier alpha value is -0.120. The van der Waals surface area contributed by atoms with Crippen molar-refractivity contribution < 1.29 is 0 Å². The SMILES string of the molecule is CCCN1CCN(C2CCCC(NC)C2)CC1. The standard InChI is InChI=1S/C14H29N3/c1-3-7-16-8-10-17(11-9-16)14-6-4-5-13(12-14)15-2/h13-15H,3-12H2,1-2H3. The third kappa shape index (κ3) is 3.67. The number of nitrogens with one attached hydrogen (secondary N) is 1. The van der Waals surface area contributed by atoms with Gasteiger partial charge in [-0.15, -0.1) is 0 Å². The highest BCUT2D eigenvalue weighted by Crippen LogP contribution is 2.23. The monoisotopic (exact) mass is 239 g/mol. The van der Waals surface area contributed by atoms with Crippen LogP contribution in [0.15, 0.2) is 0 Å². The van der Waals surface area contributed by atoms with Crippen LogP contribution in [-0.2, 0) is 0 Å². The minimum Gasteiger partial charge on any atom is -0.317 e. The second-order valence-corrected chi connectivity index (χ2v) is 5.68. The molecule has 0 bridgehead atoms. The lowest BCUT2D eigenvalue weighted by atomic mass is 9.89. The number of rotatable bonds is 4. The Bertz CT molecular complexity index is 212. The van der Waals surface area contributed by atoms with Crippen LogP contribution in [0.25, 0.3) is 0 Å². The van der Waals surface area contributed by atoms with Gasteiger partial charge in [0.2, 0.25) is 0 Å². The van der Waals surface area contributed by atoms with Gasteiger partial charge in [-0.1, -0.05) is 13.3 Å². The molecule has 0 spiro atoms.